The summed E-state index contributed by atoms with van der Waals surface area (Å²) < 4.78 is 2.00. The van der Waals surface area contributed by atoms with Gasteiger partial charge in [0, 0.05) is 34.9 Å². The van der Waals surface area contributed by atoms with Gasteiger partial charge in [0.25, 0.3) is 0 Å². The van der Waals surface area contributed by atoms with Crippen LogP contribution in [0.2, 0.25) is 0 Å². The maximum Gasteiger partial charge on any atom is 0.0991 e. The van der Waals surface area contributed by atoms with Crippen molar-refractivity contribution >= 4 is 5.69 Å². The van der Waals surface area contributed by atoms with Crippen molar-refractivity contribution in [2.45, 2.75) is 0 Å². The second-order valence-electron chi connectivity index (χ2n) is 5.66. The van der Waals surface area contributed by atoms with Gasteiger partial charge in [0.2, 0.25) is 0 Å². The summed E-state index contributed by atoms with van der Waals surface area (Å²) in [5.74, 6) is 0. The van der Waals surface area contributed by atoms with Crippen LogP contribution in [-0.2, 0) is 0 Å². The van der Waals surface area contributed by atoms with Crippen LogP contribution in [0.5, 0.6) is 0 Å². The number of nitrogens with two attached hydrogens (primary N) is 1. The van der Waals surface area contributed by atoms with E-state index < -0.39 is 0 Å². The average molecular weight is 311 g/mol. The van der Waals surface area contributed by atoms with Crippen LogP contribution >= 0.6 is 0 Å². The summed E-state index contributed by atoms with van der Waals surface area (Å²) in [6.07, 6.45) is 5.52. The Morgan fingerprint density at radius 2 is 1.29 bits per heavy atom. The van der Waals surface area contributed by atoms with Crippen LogP contribution in [0, 0.1) is 0 Å². The highest BCUT2D eigenvalue weighted by Crippen LogP contribution is 2.37. The van der Waals surface area contributed by atoms with Crippen molar-refractivity contribution < 1.29 is 0 Å². The van der Waals surface area contributed by atoms with Crippen molar-refractivity contribution in [3.63, 3.8) is 0 Å². The molecule has 4 rings (SSSR count). The summed E-state index contributed by atoms with van der Waals surface area (Å²) in [6, 6.07) is 24.7. The Balaban J connectivity index is 1.98. The molecule has 116 valence electrons. The largest absolute Gasteiger partial charge is 0.398 e. The molecule has 1 heterocycles. The van der Waals surface area contributed by atoms with Crippen LogP contribution in [0.4, 0.5) is 5.69 Å². The van der Waals surface area contributed by atoms with Gasteiger partial charge in [-0.2, -0.15) is 0 Å². The number of nitrogen functional groups attached to an aromatic ring is 1. The molecule has 3 aromatic carbocycles. The average Bonchev–Trinajstić information content (AvgIpc) is 3.18. The topological polar surface area (TPSA) is 43.8 Å². The molecule has 0 aliphatic carbocycles. The van der Waals surface area contributed by atoms with Gasteiger partial charge < -0.3 is 10.3 Å². The van der Waals surface area contributed by atoms with Crippen molar-refractivity contribution in [3.05, 3.63) is 91.5 Å². The fraction of sp³-hybridized carbons (Fsp3) is 0. The molecule has 1 aromatic heterocycles. The van der Waals surface area contributed by atoms with E-state index in [-0.39, 0.29) is 0 Å². The zero-order chi connectivity index (χ0) is 16.4. The molecule has 0 saturated heterocycles. The molecule has 0 radical (unpaired) electrons. The minimum absolute atomic E-state index is 0.788. The van der Waals surface area contributed by atoms with Crippen LogP contribution in [0.1, 0.15) is 0 Å². The third-order valence-electron chi connectivity index (χ3n) is 4.14. The quantitative estimate of drug-likeness (QED) is 0.553. The maximum absolute atomic E-state index is 6.54. The fourth-order valence-corrected chi connectivity index (χ4v) is 2.91. The van der Waals surface area contributed by atoms with E-state index in [1.807, 2.05) is 47.2 Å². The minimum atomic E-state index is 0.788. The number of hydrogen-bond donors (Lipinski definition) is 1. The first kappa shape index (κ1) is 14.3. The van der Waals surface area contributed by atoms with Crippen LogP contribution < -0.4 is 5.73 Å². The Labute approximate surface area is 141 Å². The van der Waals surface area contributed by atoms with Crippen LogP contribution in [0.15, 0.2) is 91.5 Å². The van der Waals surface area contributed by atoms with Gasteiger partial charge in [0.15, 0.2) is 0 Å². The first-order valence-corrected chi connectivity index (χ1v) is 7.85. The lowest BCUT2D eigenvalue weighted by molar-refractivity contribution is 1.06. The summed E-state index contributed by atoms with van der Waals surface area (Å²) in [7, 11) is 0. The lowest BCUT2D eigenvalue weighted by Gasteiger charge is -2.15. The van der Waals surface area contributed by atoms with Gasteiger partial charge in [-0.3, -0.25) is 0 Å². The molecule has 0 bridgehead atoms. The molecule has 0 saturated carbocycles. The summed E-state index contributed by atoms with van der Waals surface area (Å²) in [6.45, 7) is 0. The maximum atomic E-state index is 6.54. The first-order chi connectivity index (χ1) is 11.8. The number of aromatic nitrogens is 2. The summed E-state index contributed by atoms with van der Waals surface area (Å²) in [5.41, 5.74) is 12.6. The lowest BCUT2D eigenvalue weighted by atomic mass is 9.95. The zero-order valence-electron chi connectivity index (χ0n) is 13.1. The summed E-state index contributed by atoms with van der Waals surface area (Å²) >= 11 is 0. The van der Waals surface area contributed by atoms with Gasteiger partial charge in [-0.25, -0.2) is 4.98 Å². The Morgan fingerprint density at radius 1 is 0.750 bits per heavy atom. The highest BCUT2D eigenvalue weighted by atomic mass is 15.0. The van der Waals surface area contributed by atoms with Crippen LogP contribution in [0.25, 0.3) is 27.9 Å². The number of hydrogen-bond acceptors (Lipinski definition) is 2. The summed E-state index contributed by atoms with van der Waals surface area (Å²) in [4.78, 5) is 4.16. The first-order valence-electron chi connectivity index (χ1n) is 7.85. The zero-order valence-corrected chi connectivity index (χ0v) is 13.1. The standard InChI is InChI=1S/C21H17N3/c22-21-19(16-7-3-1-4-8-16)13-18(24-12-11-23-15-24)14-20(21)17-9-5-2-6-10-17/h1-15H,22H2. The van der Waals surface area contributed by atoms with Crippen LogP contribution in [0.3, 0.4) is 0 Å². The molecule has 0 unspecified atom stereocenters. The molecule has 0 aliphatic rings. The predicted octanol–water partition coefficient (Wildman–Crippen LogP) is 4.79. The number of anilines is 1. The van der Waals surface area contributed by atoms with E-state index in [4.69, 9.17) is 5.73 Å². The van der Waals surface area contributed by atoms with E-state index in [2.05, 4.69) is 41.4 Å². The minimum Gasteiger partial charge on any atom is -0.398 e. The molecular weight excluding hydrogens is 294 g/mol. The van der Waals surface area contributed by atoms with E-state index in [0.29, 0.717) is 0 Å². The Morgan fingerprint density at radius 3 is 1.75 bits per heavy atom. The number of benzene rings is 3. The Kier molecular flexibility index (Phi) is 3.60. The molecule has 3 nitrogen and oxygen atoms in total. The second-order valence-corrected chi connectivity index (χ2v) is 5.66. The summed E-state index contributed by atoms with van der Waals surface area (Å²) in [5, 5.41) is 0. The predicted molar refractivity (Wildman–Crippen MR) is 98.8 cm³/mol. The third kappa shape index (κ3) is 2.57. The molecular formula is C21H17N3. The molecule has 24 heavy (non-hydrogen) atoms. The van der Waals surface area contributed by atoms with E-state index in [9.17, 15) is 0 Å². The SMILES string of the molecule is Nc1c(-c2ccccc2)cc(-n2ccnc2)cc1-c1ccccc1. The molecule has 0 amide bonds. The molecule has 0 atom stereocenters. The van der Waals surface area contributed by atoms with Gasteiger partial charge >= 0.3 is 0 Å². The third-order valence-corrected chi connectivity index (χ3v) is 4.14. The van der Waals surface area contributed by atoms with Crippen molar-refractivity contribution in [1.82, 2.24) is 9.55 Å². The number of rotatable bonds is 3. The van der Waals surface area contributed by atoms with Crippen molar-refractivity contribution in [3.8, 4) is 27.9 Å². The highest BCUT2D eigenvalue weighted by molar-refractivity contribution is 5.90. The monoisotopic (exact) mass is 311 g/mol. The Hall–Kier alpha value is -3.33. The molecule has 0 aliphatic heterocycles. The van der Waals surface area contributed by atoms with Gasteiger partial charge in [-0.1, -0.05) is 60.7 Å². The van der Waals surface area contributed by atoms with Crippen molar-refractivity contribution in [2.24, 2.45) is 0 Å². The van der Waals surface area contributed by atoms with E-state index in [1.165, 1.54) is 0 Å². The van der Waals surface area contributed by atoms with E-state index >= 15 is 0 Å². The number of imidazole rings is 1. The van der Waals surface area contributed by atoms with Crippen molar-refractivity contribution in [2.75, 3.05) is 5.73 Å². The molecule has 3 heteroatoms. The van der Waals surface area contributed by atoms with Gasteiger partial charge in [0.05, 0.1) is 6.33 Å². The molecule has 0 fully saturated rings. The normalized spacial score (nSPS) is 10.7. The molecule has 0 spiro atoms. The fourth-order valence-electron chi connectivity index (χ4n) is 2.91. The molecule has 4 aromatic rings. The van der Waals surface area contributed by atoms with Gasteiger partial charge in [0.1, 0.15) is 0 Å². The second kappa shape index (κ2) is 6.05. The van der Waals surface area contributed by atoms with Crippen LogP contribution in [-0.4, -0.2) is 9.55 Å². The Bertz CT molecular complexity index is 883. The van der Waals surface area contributed by atoms with Gasteiger partial charge in [-0.05, 0) is 23.3 Å². The van der Waals surface area contributed by atoms with E-state index in [1.54, 1.807) is 12.5 Å². The smallest absolute Gasteiger partial charge is 0.0991 e. The van der Waals surface area contributed by atoms with E-state index in [0.717, 1.165) is 33.6 Å². The number of nitrogens with zero attached hydrogens (tertiary/aromatic N) is 2. The highest BCUT2D eigenvalue weighted by Gasteiger charge is 2.12. The van der Waals surface area contributed by atoms with Crippen molar-refractivity contribution in [1.29, 1.82) is 0 Å². The van der Waals surface area contributed by atoms with Gasteiger partial charge in [-0.15, -0.1) is 0 Å². The molecule has 2 N–H and O–H groups in total. The lowest BCUT2D eigenvalue weighted by Crippen LogP contribution is -1.99.